The molecule has 1 unspecified atom stereocenters. The maximum Gasteiger partial charge on any atom is 0.233 e. The van der Waals surface area contributed by atoms with Crippen molar-refractivity contribution in [3.63, 3.8) is 0 Å². The zero-order valence-corrected chi connectivity index (χ0v) is 12.6. The molecule has 1 fully saturated rings. The Labute approximate surface area is 127 Å². The van der Waals surface area contributed by atoms with Crippen molar-refractivity contribution in [1.82, 2.24) is 15.5 Å². The third kappa shape index (κ3) is 2.94. The summed E-state index contributed by atoms with van der Waals surface area (Å²) >= 11 is 5.78. The minimum absolute atomic E-state index is 0.111. The van der Waals surface area contributed by atoms with Crippen LogP contribution in [-0.2, 0) is 11.8 Å². The van der Waals surface area contributed by atoms with E-state index in [0.717, 1.165) is 25.9 Å². The van der Waals surface area contributed by atoms with Gasteiger partial charge in [-0.1, -0.05) is 28.9 Å². The quantitative estimate of drug-likeness (QED) is 0.946. The van der Waals surface area contributed by atoms with Crippen molar-refractivity contribution in [2.75, 3.05) is 13.1 Å². The monoisotopic (exact) mass is 309 g/mol. The summed E-state index contributed by atoms with van der Waals surface area (Å²) in [5.74, 6) is 0.682. The van der Waals surface area contributed by atoms with Crippen LogP contribution in [0.3, 0.4) is 0 Å². The first-order valence-corrected chi connectivity index (χ1v) is 7.43. The van der Waals surface area contributed by atoms with Crippen molar-refractivity contribution in [3.8, 4) is 0 Å². The summed E-state index contributed by atoms with van der Waals surface area (Å²) in [5, 5.41) is 7.43. The Balaban J connectivity index is 1.80. The van der Waals surface area contributed by atoms with Gasteiger partial charge in [0.1, 0.15) is 5.82 Å². The molecular formula is C15H17ClFN3O. The minimum Gasteiger partial charge on any atom is -0.339 e. The molecule has 0 radical (unpaired) electrons. The summed E-state index contributed by atoms with van der Waals surface area (Å²) in [5.41, 5.74) is 0.331. The van der Waals surface area contributed by atoms with Crippen LogP contribution in [0.4, 0.5) is 4.39 Å². The van der Waals surface area contributed by atoms with E-state index in [1.54, 1.807) is 12.1 Å². The van der Waals surface area contributed by atoms with E-state index < -0.39 is 5.82 Å². The van der Waals surface area contributed by atoms with Crippen LogP contribution in [0.1, 0.15) is 37.0 Å². The van der Waals surface area contributed by atoms with Crippen LogP contribution in [0.2, 0.25) is 5.02 Å². The first-order valence-electron chi connectivity index (χ1n) is 7.05. The first kappa shape index (κ1) is 14.5. The Hall–Kier alpha value is -1.46. The number of hydrogen-bond donors (Lipinski definition) is 1. The molecule has 0 spiro atoms. The van der Waals surface area contributed by atoms with E-state index in [1.165, 1.54) is 6.07 Å². The van der Waals surface area contributed by atoms with Gasteiger partial charge in [0.15, 0.2) is 5.82 Å². The number of nitrogens with one attached hydrogen (secondary N) is 1. The van der Waals surface area contributed by atoms with Gasteiger partial charge in [-0.2, -0.15) is 4.98 Å². The summed E-state index contributed by atoms with van der Waals surface area (Å²) in [7, 11) is 0. The molecule has 0 saturated carbocycles. The molecule has 1 N–H and O–H groups in total. The van der Waals surface area contributed by atoms with Gasteiger partial charge in [-0.25, -0.2) is 4.39 Å². The molecule has 1 atom stereocenters. The van der Waals surface area contributed by atoms with E-state index in [0.29, 0.717) is 17.3 Å². The van der Waals surface area contributed by atoms with Gasteiger partial charge < -0.3 is 9.84 Å². The van der Waals surface area contributed by atoms with Gasteiger partial charge in [0.25, 0.3) is 0 Å². The lowest BCUT2D eigenvalue weighted by atomic mass is 9.83. The third-order valence-electron chi connectivity index (χ3n) is 3.96. The molecule has 0 aliphatic carbocycles. The average Bonchev–Trinajstić information content (AvgIpc) is 2.94. The van der Waals surface area contributed by atoms with Crippen molar-refractivity contribution in [3.05, 3.63) is 46.3 Å². The molecule has 1 aromatic carbocycles. The molecule has 112 valence electrons. The van der Waals surface area contributed by atoms with Gasteiger partial charge in [0, 0.05) is 13.0 Å². The molecule has 21 heavy (non-hydrogen) atoms. The van der Waals surface area contributed by atoms with Crippen LogP contribution in [0, 0.1) is 5.82 Å². The molecule has 1 aromatic heterocycles. The lowest BCUT2D eigenvalue weighted by Crippen LogP contribution is -2.41. The second kappa shape index (κ2) is 5.73. The number of hydrogen-bond acceptors (Lipinski definition) is 4. The Morgan fingerprint density at radius 3 is 3.10 bits per heavy atom. The molecule has 2 heterocycles. The van der Waals surface area contributed by atoms with E-state index in [4.69, 9.17) is 16.1 Å². The van der Waals surface area contributed by atoms with Crippen molar-refractivity contribution in [1.29, 1.82) is 0 Å². The second-order valence-corrected chi connectivity index (χ2v) is 6.15. The highest BCUT2D eigenvalue weighted by atomic mass is 35.5. The smallest absolute Gasteiger partial charge is 0.233 e. The van der Waals surface area contributed by atoms with Crippen LogP contribution in [0.15, 0.2) is 22.7 Å². The van der Waals surface area contributed by atoms with Gasteiger partial charge in [-0.05, 0) is 37.9 Å². The second-order valence-electron chi connectivity index (χ2n) is 5.75. The Kier molecular flexibility index (Phi) is 3.95. The molecule has 2 aromatic rings. The van der Waals surface area contributed by atoms with Crippen LogP contribution >= 0.6 is 11.6 Å². The van der Waals surface area contributed by atoms with E-state index in [9.17, 15) is 4.39 Å². The van der Waals surface area contributed by atoms with Gasteiger partial charge in [0.05, 0.1) is 10.4 Å². The number of piperidine rings is 1. The summed E-state index contributed by atoms with van der Waals surface area (Å²) in [6.07, 6.45) is 2.36. The zero-order chi connectivity index (χ0) is 14.9. The van der Waals surface area contributed by atoms with Crippen molar-refractivity contribution in [2.24, 2.45) is 0 Å². The molecule has 1 aliphatic rings. The fourth-order valence-corrected chi connectivity index (χ4v) is 2.86. The van der Waals surface area contributed by atoms with Crippen molar-refractivity contribution >= 4 is 11.6 Å². The zero-order valence-electron chi connectivity index (χ0n) is 11.8. The van der Waals surface area contributed by atoms with Gasteiger partial charge in [-0.3, -0.25) is 0 Å². The highest BCUT2D eigenvalue weighted by Crippen LogP contribution is 2.29. The molecule has 6 heteroatoms. The molecule has 4 nitrogen and oxygen atoms in total. The van der Waals surface area contributed by atoms with Crippen LogP contribution in [0.25, 0.3) is 0 Å². The van der Waals surface area contributed by atoms with E-state index >= 15 is 0 Å². The highest BCUT2D eigenvalue weighted by Gasteiger charge is 2.34. The average molecular weight is 310 g/mol. The topological polar surface area (TPSA) is 51.0 Å². The lowest BCUT2D eigenvalue weighted by Gasteiger charge is -2.30. The standard InChI is InChI=1S/C15H17ClFN3O/c1-15(6-3-7-18-9-15)14-19-12(20-21-14)8-10-4-2-5-11(16)13(10)17/h2,4-5,18H,3,6-9H2,1H3. The summed E-state index contributed by atoms with van der Waals surface area (Å²) in [6.45, 7) is 3.95. The number of rotatable bonds is 3. The molecule has 1 saturated heterocycles. The number of halogens is 2. The van der Waals surface area contributed by atoms with Crippen LogP contribution in [-0.4, -0.2) is 23.2 Å². The van der Waals surface area contributed by atoms with E-state index in [1.807, 2.05) is 0 Å². The maximum absolute atomic E-state index is 13.9. The van der Waals surface area contributed by atoms with E-state index in [2.05, 4.69) is 22.4 Å². The Bertz CT molecular complexity index is 638. The van der Waals surface area contributed by atoms with Crippen molar-refractivity contribution in [2.45, 2.75) is 31.6 Å². The number of aromatic nitrogens is 2. The molecule has 0 bridgehead atoms. The number of nitrogens with zero attached hydrogens (tertiary/aromatic N) is 2. The molecule has 1 aliphatic heterocycles. The van der Waals surface area contributed by atoms with Crippen LogP contribution < -0.4 is 5.32 Å². The Morgan fingerprint density at radius 2 is 2.33 bits per heavy atom. The SMILES string of the molecule is CC1(c2nc(Cc3cccc(Cl)c3F)no2)CCCNC1. The number of benzene rings is 1. The van der Waals surface area contributed by atoms with Crippen LogP contribution in [0.5, 0.6) is 0 Å². The van der Waals surface area contributed by atoms with Gasteiger partial charge >= 0.3 is 0 Å². The first-order chi connectivity index (χ1) is 10.1. The van der Waals surface area contributed by atoms with Crippen molar-refractivity contribution < 1.29 is 8.91 Å². The summed E-state index contributed by atoms with van der Waals surface area (Å²) < 4.78 is 19.3. The van der Waals surface area contributed by atoms with E-state index in [-0.39, 0.29) is 16.9 Å². The fraction of sp³-hybridized carbons (Fsp3) is 0.467. The normalized spacial score (nSPS) is 22.4. The predicted molar refractivity (Wildman–Crippen MR) is 78.0 cm³/mol. The lowest BCUT2D eigenvalue weighted by molar-refractivity contribution is 0.245. The fourth-order valence-electron chi connectivity index (χ4n) is 2.67. The summed E-state index contributed by atoms with van der Waals surface area (Å²) in [4.78, 5) is 4.44. The maximum atomic E-state index is 13.9. The molecule has 3 rings (SSSR count). The third-order valence-corrected chi connectivity index (χ3v) is 4.25. The molecular weight excluding hydrogens is 293 g/mol. The largest absolute Gasteiger partial charge is 0.339 e. The highest BCUT2D eigenvalue weighted by molar-refractivity contribution is 6.30. The van der Waals surface area contributed by atoms with Gasteiger partial charge in [-0.15, -0.1) is 0 Å². The molecule has 0 amide bonds. The predicted octanol–water partition coefficient (Wildman–Crippen LogP) is 3.09. The summed E-state index contributed by atoms with van der Waals surface area (Å²) in [6, 6.07) is 4.92. The van der Waals surface area contributed by atoms with Gasteiger partial charge in [0.2, 0.25) is 5.89 Å². The minimum atomic E-state index is -0.420. The Morgan fingerprint density at radius 1 is 1.48 bits per heavy atom.